The van der Waals surface area contributed by atoms with Crippen LogP contribution in [0.1, 0.15) is 18.6 Å². The van der Waals surface area contributed by atoms with Crippen molar-refractivity contribution in [2.45, 2.75) is 12.8 Å². The van der Waals surface area contributed by atoms with Crippen LogP contribution in [-0.4, -0.2) is 23.0 Å². The maximum Gasteiger partial charge on any atom is 0.254 e. The number of imide groups is 1. The lowest BCUT2D eigenvalue weighted by molar-refractivity contribution is -0.140. The number of hydrogen-bond acceptors (Lipinski definition) is 4. The van der Waals surface area contributed by atoms with Crippen molar-refractivity contribution in [3.63, 3.8) is 0 Å². The van der Waals surface area contributed by atoms with Crippen molar-refractivity contribution in [3.05, 3.63) is 34.7 Å². The molecule has 1 aliphatic heterocycles. The Labute approximate surface area is 129 Å². The van der Waals surface area contributed by atoms with Gasteiger partial charge in [-0.2, -0.15) is 10.1 Å². The number of hydrazone groups is 1. The van der Waals surface area contributed by atoms with Crippen LogP contribution < -0.4 is 0 Å². The van der Waals surface area contributed by atoms with Crippen molar-refractivity contribution in [3.8, 4) is 0 Å². The van der Waals surface area contributed by atoms with Crippen molar-refractivity contribution in [1.29, 1.82) is 0 Å². The molecule has 1 saturated carbocycles. The number of hydrogen-bond donors (Lipinski definition) is 0. The first-order valence-electron chi connectivity index (χ1n) is 7.00. The lowest BCUT2D eigenvalue weighted by Gasteiger charge is -2.37. The maximum atomic E-state index is 12.5. The summed E-state index contributed by atoms with van der Waals surface area (Å²) in [6.07, 6.45) is 7.58. The lowest BCUT2D eigenvalue weighted by Crippen LogP contribution is -2.38. The molecule has 0 spiro atoms. The zero-order valence-corrected chi connectivity index (χ0v) is 12.7. The molecule has 6 heteroatoms. The Morgan fingerprint density at radius 3 is 2.24 bits per heavy atom. The van der Waals surface area contributed by atoms with Crippen LogP contribution in [0.3, 0.4) is 0 Å². The molecular formula is C15H13BrN2O3. The van der Waals surface area contributed by atoms with Gasteiger partial charge in [0.1, 0.15) is 5.76 Å². The van der Waals surface area contributed by atoms with Crippen molar-refractivity contribution >= 4 is 34.0 Å². The molecule has 4 aliphatic rings. The van der Waals surface area contributed by atoms with Crippen molar-refractivity contribution in [2.24, 2.45) is 28.8 Å². The summed E-state index contributed by atoms with van der Waals surface area (Å²) in [5, 5.41) is 5.09. The molecule has 108 valence electrons. The highest BCUT2D eigenvalue weighted by Gasteiger charge is 2.56. The van der Waals surface area contributed by atoms with Crippen LogP contribution in [0.4, 0.5) is 0 Å². The van der Waals surface area contributed by atoms with Gasteiger partial charge in [0.05, 0.1) is 18.1 Å². The molecule has 4 atom stereocenters. The van der Waals surface area contributed by atoms with E-state index in [-0.39, 0.29) is 35.5 Å². The molecule has 0 unspecified atom stereocenters. The number of allylic oxidation sites excluding steroid dienone is 2. The summed E-state index contributed by atoms with van der Waals surface area (Å²) in [6, 6.07) is 3.45. The number of carbonyl (C=O) groups excluding carboxylic acids is 2. The Morgan fingerprint density at radius 1 is 1.14 bits per heavy atom. The maximum absolute atomic E-state index is 12.5. The molecule has 5 nitrogen and oxygen atoms in total. The van der Waals surface area contributed by atoms with Crippen LogP contribution in [0.2, 0.25) is 0 Å². The zero-order valence-electron chi connectivity index (χ0n) is 11.1. The van der Waals surface area contributed by atoms with E-state index in [4.69, 9.17) is 4.42 Å². The van der Waals surface area contributed by atoms with Gasteiger partial charge in [-0.3, -0.25) is 9.59 Å². The number of furan rings is 1. The second-order valence-corrected chi connectivity index (χ2v) is 6.50. The third-order valence-corrected chi connectivity index (χ3v) is 5.06. The fourth-order valence-electron chi connectivity index (χ4n) is 3.68. The Kier molecular flexibility index (Phi) is 2.89. The molecule has 2 fully saturated rings. The predicted molar refractivity (Wildman–Crippen MR) is 78.2 cm³/mol. The topological polar surface area (TPSA) is 62.9 Å². The molecule has 2 amide bonds. The quantitative estimate of drug-likeness (QED) is 0.468. The highest BCUT2D eigenvalue weighted by atomic mass is 79.9. The zero-order chi connectivity index (χ0) is 14.6. The fourth-order valence-corrected chi connectivity index (χ4v) is 4.00. The average Bonchev–Trinajstić information content (AvgIpc) is 3.03. The molecule has 1 saturated heterocycles. The molecule has 5 rings (SSSR count). The summed E-state index contributed by atoms with van der Waals surface area (Å²) >= 11 is 3.20. The second kappa shape index (κ2) is 4.66. The molecule has 2 heterocycles. The van der Waals surface area contributed by atoms with Crippen LogP contribution in [0.25, 0.3) is 0 Å². The third kappa shape index (κ3) is 1.92. The molecule has 0 radical (unpaired) electrons. The average molecular weight is 349 g/mol. The van der Waals surface area contributed by atoms with Gasteiger partial charge in [-0.25, -0.2) is 0 Å². The van der Waals surface area contributed by atoms with Gasteiger partial charge in [0.25, 0.3) is 11.8 Å². The van der Waals surface area contributed by atoms with E-state index in [0.29, 0.717) is 10.4 Å². The normalized spacial score (nSPS) is 34.2. The van der Waals surface area contributed by atoms with Crippen LogP contribution in [-0.2, 0) is 9.59 Å². The summed E-state index contributed by atoms with van der Waals surface area (Å²) < 4.78 is 5.88. The van der Waals surface area contributed by atoms with E-state index >= 15 is 0 Å². The highest BCUT2D eigenvalue weighted by Crippen LogP contribution is 2.49. The molecular weight excluding hydrogens is 336 g/mol. The van der Waals surface area contributed by atoms with E-state index < -0.39 is 0 Å². The number of nitrogens with zero attached hydrogens (tertiary/aromatic N) is 2. The van der Waals surface area contributed by atoms with Gasteiger partial charge in [0.15, 0.2) is 4.67 Å². The minimum Gasteiger partial charge on any atom is -0.448 e. The number of rotatable bonds is 2. The summed E-state index contributed by atoms with van der Waals surface area (Å²) in [7, 11) is 0. The van der Waals surface area contributed by atoms with Crippen molar-refractivity contribution < 1.29 is 14.0 Å². The second-order valence-electron chi connectivity index (χ2n) is 5.72. The van der Waals surface area contributed by atoms with Crippen molar-refractivity contribution in [2.75, 3.05) is 0 Å². The van der Waals surface area contributed by atoms with Gasteiger partial charge in [-0.1, -0.05) is 12.2 Å². The molecule has 0 N–H and O–H groups in total. The number of amides is 2. The summed E-state index contributed by atoms with van der Waals surface area (Å²) in [5.41, 5.74) is 0. The van der Waals surface area contributed by atoms with Gasteiger partial charge in [-0.05, 0) is 52.7 Å². The molecule has 2 bridgehead atoms. The van der Waals surface area contributed by atoms with E-state index in [1.165, 1.54) is 6.21 Å². The molecule has 21 heavy (non-hydrogen) atoms. The van der Waals surface area contributed by atoms with Gasteiger partial charge >= 0.3 is 0 Å². The number of fused-ring (bicyclic) bond motifs is 1. The Bertz CT molecular complexity index is 646. The Morgan fingerprint density at radius 2 is 1.76 bits per heavy atom. The monoisotopic (exact) mass is 348 g/mol. The Hall–Kier alpha value is -1.69. The van der Waals surface area contributed by atoms with Gasteiger partial charge in [0, 0.05) is 0 Å². The van der Waals surface area contributed by atoms with E-state index in [1.807, 2.05) is 0 Å². The summed E-state index contributed by atoms with van der Waals surface area (Å²) in [6.45, 7) is 0. The molecule has 0 aromatic carbocycles. The highest BCUT2D eigenvalue weighted by molar-refractivity contribution is 9.10. The number of halogens is 1. The predicted octanol–water partition coefficient (Wildman–Crippen LogP) is 2.57. The van der Waals surface area contributed by atoms with Gasteiger partial charge in [-0.15, -0.1) is 0 Å². The van der Waals surface area contributed by atoms with Gasteiger partial charge < -0.3 is 4.42 Å². The minimum absolute atomic E-state index is 0.175. The summed E-state index contributed by atoms with van der Waals surface area (Å²) in [5.74, 6) is 0.0857. The first-order chi connectivity index (χ1) is 10.1. The largest absolute Gasteiger partial charge is 0.448 e. The third-order valence-electron chi connectivity index (χ3n) is 4.63. The van der Waals surface area contributed by atoms with Crippen LogP contribution in [0, 0.1) is 23.7 Å². The first-order valence-corrected chi connectivity index (χ1v) is 7.80. The smallest absolute Gasteiger partial charge is 0.254 e. The fraction of sp³-hybridized carbons (Fsp3) is 0.400. The first kappa shape index (κ1) is 13.0. The van der Waals surface area contributed by atoms with Gasteiger partial charge in [0.2, 0.25) is 0 Å². The Balaban J connectivity index is 1.62. The van der Waals surface area contributed by atoms with Crippen LogP contribution in [0.5, 0.6) is 0 Å². The van der Waals surface area contributed by atoms with E-state index in [0.717, 1.165) is 17.9 Å². The molecule has 3 aliphatic carbocycles. The van der Waals surface area contributed by atoms with E-state index in [1.54, 1.807) is 12.1 Å². The van der Waals surface area contributed by atoms with E-state index in [2.05, 4.69) is 33.2 Å². The molecule has 1 aromatic rings. The summed E-state index contributed by atoms with van der Waals surface area (Å²) in [4.78, 5) is 25.0. The standard InChI is InChI=1S/C15H13BrN2O3/c16-11-6-5-10(21-11)7-17-18-14(19)12-8-1-2-9(4-3-8)13(12)15(18)20/h1-2,5-9,12-13H,3-4H2/b17-7-/t8-,9-,12-,13+/m1/s1. The SMILES string of the molecule is O=C1[C@@H]2[C@H](C(=O)N1/N=C\c1ccc(Br)o1)[C@@H]1C=C[C@@H]2CC1. The molecule has 1 aromatic heterocycles. The lowest BCUT2D eigenvalue weighted by atomic mass is 9.63. The van der Waals surface area contributed by atoms with Crippen LogP contribution >= 0.6 is 15.9 Å². The minimum atomic E-state index is -0.221. The van der Waals surface area contributed by atoms with Crippen LogP contribution in [0.15, 0.2) is 38.5 Å². The van der Waals surface area contributed by atoms with Crippen molar-refractivity contribution in [1.82, 2.24) is 5.01 Å². The van der Waals surface area contributed by atoms with E-state index in [9.17, 15) is 9.59 Å². The number of carbonyl (C=O) groups is 2.